The molecule has 4 heteroatoms. The molecule has 80 valence electrons. The van der Waals surface area contributed by atoms with Crippen molar-refractivity contribution < 1.29 is 4.79 Å². The van der Waals surface area contributed by atoms with E-state index in [0.29, 0.717) is 12.0 Å². The summed E-state index contributed by atoms with van der Waals surface area (Å²) in [6.07, 6.45) is 2.40. The zero-order chi connectivity index (χ0) is 9.97. The SMILES string of the molecule is CC(C1CCNCC1)N1CCNC1=O. The molecule has 0 bridgehead atoms. The minimum absolute atomic E-state index is 0.121. The summed E-state index contributed by atoms with van der Waals surface area (Å²) >= 11 is 0. The molecule has 0 aromatic heterocycles. The lowest BCUT2D eigenvalue weighted by molar-refractivity contribution is 0.163. The Balaban J connectivity index is 1.92. The van der Waals surface area contributed by atoms with Crippen molar-refractivity contribution in [3.05, 3.63) is 0 Å². The van der Waals surface area contributed by atoms with Gasteiger partial charge in [-0.05, 0) is 38.8 Å². The number of amides is 2. The molecule has 2 aliphatic rings. The quantitative estimate of drug-likeness (QED) is 0.673. The Morgan fingerprint density at radius 2 is 2.07 bits per heavy atom. The molecular formula is C10H19N3O. The fraction of sp³-hybridized carbons (Fsp3) is 0.900. The van der Waals surface area contributed by atoms with E-state index in [1.807, 2.05) is 4.90 Å². The Morgan fingerprint density at radius 3 is 2.64 bits per heavy atom. The van der Waals surface area contributed by atoms with Gasteiger partial charge in [-0.1, -0.05) is 0 Å². The Hall–Kier alpha value is -0.770. The molecule has 1 atom stereocenters. The van der Waals surface area contributed by atoms with Crippen molar-refractivity contribution in [2.24, 2.45) is 5.92 Å². The van der Waals surface area contributed by atoms with E-state index in [0.717, 1.165) is 26.2 Å². The van der Waals surface area contributed by atoms with Crippen LogP contribution in [-0.2, 0) is 0 Å². The van der Waals surface area contributed by atoms with Crippen LogP contribution in [0.5, 0.6) is 0 Å². The first-order chi connectivity index (χ1) is 6.79. The smallest absolute Gasteiger partial charge is 0.317 e. The van der Waals surface area contributed by atoms with E-state index in [9.17, 15) is 4.79 Å². The standard InChI is InChI=1S/C10H19N3O/c1-8(9-2-4-11-5-3-9)13-7-6-12-10(13)14/h8-9,11H,2-7H2,1H3,(H,12,14). The molecule has 0 aromatic rings. The number of carbonyl (C=O) groups excluding carboxylic acids is 1. The zero-order valence-electron chi connectivity index (χ0n) is 8.75. The van der Waals surface area contributed by atoms with Gasteiger partial charge in [0.2, 0.25) is 0 Å². The van der Waals surface area contributed by atoms with Crippen LogP contribution in [0.25, 0.3) is 0 Å². The topological polar surface area (TPSA) is 44.4 Å². The van der Waals surface area contributed by atoms with Crippen LogP contribution in [0.1, 0.15) is 19.8 Å². The van der Waals surface area contributed by atoms with E-state index < -0.39 is 0 Å². The normalized spacial score (nSPS) is 26.4. The van der Waals surface area contributed by atoms with Gasteiger partial charge in [-0.15, -0.1) is 0 Å². The van der Waals surface area contributed by atoms with Crippen LogP contribution in [0.2, 0.25) is 0 Å². The highest BCUT2D eigenvalue weighted by Gasteiger charge is 2.30. The van der Waals surface area contributed by atoms with Crippen molar-refractivity contribution >= 4 is 6.03 Å². The number of rotatable bonds is 2. The average molecular weight is 197 g/mol. The van der Waals surface area contributed by atoms with Crippen molar-refractivity contribution in [3.63, 3.8) is 0 Å². The molecule has 2 rings (SSSR count). The molecule has 2 aliphatic heterocycles. The van der Waals surface area contributed by atoms with Crippen molar-refractivity contribution in [1.29, 1.82) is 0 Å². The number of hydrogen-bond donors (Lipinski definition) is 2. The van der Waals surface area contributed by atoms with Gasteiger partial charge in [0.25, 0.3) is 0 Å². The molecule has 0 radical (unpaired) electrons. The lowest BCUT2D eigenvalue weighted by atomic mass is 9.90. The van der Waals surface area contributed by atoms with Gasteiger partial charge in [-0.25, -0.2) is 4.79 Å². The van der Waals surface area contributed by atoms with Gasteiger partial charge in [0.1, 0.15) is 0 Å². The highest BCUT2D eigenvalue weighted by molar-refractivity contribution is 5.76. The molecule has 1 unspecified atom stereocenters. The lowest BCUT2D eigenvalue weighted by Crippen LogP contribution is -2.44. The van der Waals surface area contributed by atoms with Crippen LogP contribution in [0.15, 0.2) is 0 Å². The van der Waals surface area contributed by atoms with Crippen molar-refractivity contribution in [1.82, 2.24) is 15.5 Å². The molecule has 2 amide bonds. The molecule has 0 aliphatic carbocycles. The Kier molecular flexibility index (Phi) is 2.91. The number of nitrogens with one attached hydrogen (secondary N) is 2. The zero-order valence-corrected chi connectivity index (χ0v) is 8.75. The molecule has 2 N–H and O–H groups in total. The van der Waals surface area contributed by atoms with Gasteiger partial charge in [-0.2, -0.15) is 0 Å². The summed E-state index contributed by atoms with van der Waals surface area (Å²) in [5.74, 6) is 0.681. The van der Waals surface area contributed by atoms with Crippen LogP contribution < -0.4 is 10.6 Å². The van der Waals surface area contributed by atoms with Gasteiger partial charge < -0.3 is 15.5 Å². The van der Waals surface area contributed by atoms with Crippen LogP contribution in [0.4, 0.5) is 4.79 Å². The van der Waals surface area contributed by atoms with E-state index in [2.05, 4.69) is 17.6 Å². The second-order valence-electron chi connectivity index (χ2n) is 4.25. The molecule has 2 fully saturated rings. The molecule has 0 spiro atoms. The largest absolute Gasteiger partial charge is 0.336 e. The second-order valence-corrected chi connectivity index (χ2v) is 4.25. The number of piperidine rings is 1. The molecule has 2 saturated heterocycles. The summed E-state index contributed by atoms with van der Waals surface area (Å²) in [4.78, 5) is 13.4. The summed E-state index contributed by atoms with van der Waals surface area (Å²) in [6, 6.07) is 0.524. The first kappa shape index (κ1) is 9.77. The fourth-order valence-electron chi connectivity index (χ4n) is 2.46. The molecule has 14 heavy (non-hydrogen) atoms. The van der Waals surface area contributed by atoms with Crippen LogP contribution in [-0.4, -0.2) is 43.2 Å². The Labute approximate surface area is 85.0 Å². The molecule has 0 saturated carbocycles. The molecular weight excluding hydrogens is 178 g/mol. The maximum atomic E-state index is 11.5. The van der Waals surface area contributed by atoms with Crippen LogP contribution in [0.3, 0.4) is 0 Å². The summed E-state index contributed by atoms with van der Waals surface area (Å²) in [5, 5.41) is 6.21. The minimum Gasteiger partial charge on any atom is -0.336 e. The summed E-state index contributed by atoms with van der Waals surface area (Å²) in [5.41, 5.74) is 0. The molecule has 4 nitrogen and oxygen atoms in total. The van der Waals surface area contributed by atoms with Crippen molar-refractivity contribution in [2.75, 3.05) is 26.2 Å². The number of hydrogen-bond acceptors (Lipinski definition) is 2. The number of carbonyl (C=O) groups is 1. The van der Waals surface area contributed by atoms with Gasteiger partial charge in [0.05, 0.1) is 0 Å². The predicted octanol–water partition coefficient (Wildman–Crippen LogP) is 0.400. The predicted molar refractivity (Wildman–Crippen MR) is 55.2 cm³/mol. The molecule has 2 heterocycles. The highest BCUT2D eigenvalue weighted by Crippen LogP contribution is 2.21. The van der Waals surface area contributed by atoms with Crippen LogP contribution in [0, 0.1) is 5.92 Å². The number of urea groups is 1. The summed E-state index contributed by atoms with van der Waals surface area (Å²) < 4.78 is 0. The van der Waals surface area contributed by atoms with E-state index in [4.69, 9.17) is 0 Å². The third-order valence-electron chi connectivity index (χ3n) is 3.45. The van der Waals surface area contributed by atoms with Crippen LogP contribution >= 0.6 is 0 Å². The van der Waals surface area contributed by atoms with E-state index in [-0.39, 0.29) is 6.03 Å². The first-order valence-corrected chi connectivity index (χ1v) is 5.54. The van der Waals surface area contributed by atoms with E-state index in [1.54, 1.807) is 0 Å². The van der Waals surface area contributed by atoms with E-state index >= 15 is 0 Å². The van der Waals surface area contributed by atoms with Crippen molar-refractivity contribution in [2.45, 2.75) is 25.8 Å². The second kappa shape index (κ2) is 4.17. The summed E-state index contributed by atoms with van der Waals surface area (Å²) in [7, 11) is 0. The first-order valence-electron chi connectivity index (χ1n) is 5.54. The average Bonchev–Trinajstić information content (AvgIpc) is 2.65. The van der Waals surface area contributed by atoms with Gasteiger partial charge in [0.15, 0.2) is 0 Å². The Bertz CT molecular complexity index is 213. The molecule has 0 aromatic carbocycles. The lowest BCUT2D eigenvalue weighted by Gasteiger charge is -2.33. The fourth-order valence-corrected chi connectivity index (χ4v) is 2.46. The third-order valence-corrected chi connectivity index (χ3v) is 3.45. The maximum absolute atomic E-state index is 11.5. The monoisotopic (exact) mass is 197 g/mol. The van der Waals surface area contributed by atoms with E-state index in [1.165, 1.54) is 12.8 Å². The van der Waals surface area contributed by atoms with Gasteiger partial charge >= 0.3 is 6.03 Å². The van der Waals surface area contributed by atoms with Gasteiger partial charge in [-0.3, -0.25) is 0 Å². The third kappa shape index (κ3) is 1.85. The highest BCUT2D eigenvalue weighted by atomic mass is 16.2. The summed E-state index contributed by atoms with van der Waals surface area (Å²) in [6.45, 7) is 6.08. The van der Waals surface area contributed by atoms with Gasteiger partial charge in [0, 0.05) is 19.1 Å². The number of nitrogens with zero attached hydrogens (tertiary/aromatic N) is 1. The minimum atomic E-state index is 0.121. The Morgan fingerprint density at radius 1 is 1.36 bits per heavy atom. The maximum Gasteiger partial charge on any atom is 0.317 e. The van der Waals surface area contributed by atoms with Crippen molar-refractivity contribution in [3.8, 4) is 0 Å².